The maximum absolute atomic E-state index is 13.1. The summed E-state index contributed by atoms with van der Waals surface area (Å²) in [5.74, 6) is 0.240. The van der Waals surface area contributed by atoms with Crippen LogP contribution >= 0.6 is 0 Å². The quantitative estimate of drug-likeness (QED) is 0.806. The number of amides is 1. The van der Waals surface area contributed by atoms with E-state index in [1.807, 2.05) is 0 Å². The Balaban J connectivity index is 1.33. The van der Waals surface area contributed by atoms with Gasteiger partial charge in [0, 0.05) is 16.8 Å². The number of carbonyl (C=O) groups is 1. The summed E-state index contributed by atoms with van der Waals surface area (Å²) < 4.78 is 19.3. The van der Waals surface area contributed by atoms with Crippen LogP contribution in [0.25, 0.3) is 0 Å². The zero-order valence-electron chi connectivity index (χ0n) is 15.9. The number of rotatable bonds is 6. The maximum atomic E-state index is 13.1. The number of aromatic nitrogens is 1. The number of halogens is 1. The van der Waals surface area contributed by atoms with Crippen molar-refractivity contribution in [1.29, 1.82) is 0 Å². The molecule has 1 amide bonds. The number of aryl methyl sites for hydroxylation is 1. The van der Waals surface area contributed by atoms with E-state index in [0.29, 0.717) is 5.56 Å². The van der Waals surface area contributed by atoms with Crippen molar-refractivity contribution < 1.29 is 13.9 Å². The van der Waals surface area contributed by atoms with Gasteiger partial charge in [-0.15, -0.1) is 0 Å². The van der Waals surface area contributed by atoms with Crippen molar-refractivity contribution >= 4 is 5.91 Å². The lowest BCUT2D eigenvalue weighted by atomic mass is 9.92. The van der Waals surface area contributed by atoms with Gasteiger partial charge >= 0.3 is 0 Å². The number of benzene rings is 1. The van der Waals surface area contributed by atoms with Gasteiger partial charge in [0.2, 0.25) is 0 Å². The van der Waals surface area contributed by atoms with Gasteiger partial charge in [-0.2, -0.15) is 0 Å². The van der Waals surface area contributed by atoms with Crippen molar-refractivity contribution in [2.75, 3.05) is 6.61 Å². The van der Waals surface area contributed by atoms with Crippen LogP contribution in [0.3, 0.4) is 0 Å². The van der Waals surface area contributed by atoms with Crippen molar-refractivity contribution in [1.82, 2.24) is 10.3 Å². The molecule has 2 aromatic rings. The normalized spacial score (nSPS) is 22.4. The number of fused-ring (bicyclic) bond motifs is 1. The molecule has 0 radical (unpaired) electrons. The molecule has 3 aliphatic carbocycles. The molecule has 0 aliphatic heterocycles. The summed E-state index contributed by atoms with van der Waals surface area (Å²) in [6, 6.07) is 9.86. The molecule has 4 nitrogen and oxygen atoms in total. The van der Waals surface area contributed by atoms with Crippen LogP contribution in [-0.4, -0.2) is 17.5 Å². The van der Waals surface area contributed by atoms with Gasteiger partial charge in [0.1, 0.15) is 5.82 Å². The molecule has 1 heterocycles. The third-order valence-electron chi connectivity index (χ3n) is 6.17. The average Bonchev–Trinajstić information content (AvgIpc) is 3.63. The van der Waals surface area contributed by atoms with Crippen LogP contribution in [0.1, 0.15) is 71.9 Å². The molecule has 1 aromatic heterocycles. The summed E-state index contributed by atoms with van der Waals surface area (Å²) >= 11 is 0. The molecule has 5 rings (SSSR count). The van der Waals surface area contributed by atoms with Crippen LogP contribution in [0, 0.1) is 11.7 Å². The molecule has 1 aromatic carbocycles. The molecule has 0 spiro atoms. The van der Waals surface area contributed by atoms with Gasteiger partial charge in [-0.05, 0) is 81.2 Å². The first-order chi connectivity index (χ1) is 13.6. The fourth-order valence-corrected chi connectivity index (χ4v) is 4.05. The van der Waals surface area contributed by atoms with E-state index in [4.69, 9.17) is 9.72 Å². The lowest BCUT2D eigenvalue weighted by Gasteiger charge is -2.27. The molecular formula is C23H25FN2O2. The van der Waals surface area contributed by atoms with Gasteiger partial charge < -0.3 is 10.1 Å². The summed E-state index contributed by atoms with van der Waals surface area (Å²) in [6.45, 7) is 0.865. The largest absolute Gasteiger partial charge is 0.373 e. The Labute approximate surface area is 164 Å². The lowest BCUT2D eigenvalue weighted by Crippen LogP contribution is -2.36. The van der Waals surface area contributed by atoms with Crippen LogP contribution in [-0.2, 0) is 16.7 Å². The smallest absolute Gasteiger partial charge is 0.252 e. The molecule has 1 unspecified atom stereocenters. The van der Waals surface area contributed by atoms with E-state index in [1.165, 1.54) is 42.7 Å². The maximum Gasteiger partial charge on any atom is 0.252 e. The molecular weight excluding hydrogens is 355 g/mol. The Bertz CT molecular complexity index is 888. The van der Waals surface area contributed by atoms with Crippen molar-refractivity contribution in [3.05, 3.63) is 64.7 Å². The SMILES string of the molecule is O=C(NC1(c2ccc3c(n2)CCCC3OCC2CC2)CC1)c1ccc(F)cc1. The molecule has 5 heteroatoms. The second kappa shape index (κ2) is 6.96. The fraction of sp³-hybridized carbons (Fsp3) is 0.478. The standard InChI is InChI=1S/C23H25FN2O2/c24-17-8-6-16(7-9-17)22(27)26-23(12-13-23)21-11-10-18-19(25-21)2-1-3-20(18)28-14-15-4-5-15/h6-11,15,20H,1-5,12-14H2,(H,26,27). The summed E-state index contributed by atoms with van der Waals surface area (Å²) in [5, 5.41) is 3.13. The van der Waals surface area contributed by atoms with Gasteiger partial charge in [-0.1, -0.05) is 6.07 Å². The van der Waals surface area contributed by atoms with Crippen LogP contribution in [0.15, 0.2) is 36.4 Å². The molecule has 0 bridgehead atoms. The van der Waals surface area contributed by atoms with Crippen LogP contribution < -0.4 is 5.32 Å². The number of nitrogens with one attached hydrogen (secondary N) is 1. The zero-order chi connectivity index (χ0) is 19.1. The van der Waals surface area contributed by atoms with Gasteiger partial charge in [0.05, 0.1) is 23.9 Å². The number of hydrogen-bond acceptors (Lipinski definition) is 3. The van der Waals surface area contributed by atoms with E-state index in [0.717, 1.165) is 56.0 Å². The Morgan fingerprint density at radius 2 is 1.93 bits per heavy atom. The molecule has 2 fully saturated rings. The molecule has 28 heavy (non-hydrogen) atoms. The molecule has 1 N–H and O–H groups in total. The second-order valence-corrected chi connectivity index (χ2v) is 8.43. The average molecular weight is 380 g/mol. The molecule has 1 atom stereocenters. The third-order valence-corrected chi connectivity index (χ3v) is 6.17. The number of carbonyl (C=O) groups excluding carboxylic acids is 1. The van der Waals surface area contributed by atoms with Crippen LogP contribution in [0.4, 0.5) is 4.39 Å². The van der Waals surface area contributed by atoms with E-state index in [-0.39, 0.29) is 23.4 Å². The van der Waals surface area contributed by atoms with Crippen LogP contribution in [0.2, 0.25) is 0 Å². The number of hydrogen-bond donors (Lipinski definition) is 1. The fourth-order valence-electron chi connectivity index (χ4n) is 4.05. The minimum Gasteiger partial charge on any atom is -0.373 e. The lowest BCUT2D eigenvalue weighted by molar-refractivity contribution is 0.0332. The Kier molecular flexibility index (Phi) is 4.43. The number of nitrogens with zero attached hydrogens (tertiary/aromatic N) is 1. The number of pyridine rings is 1. The van der Waals surface area contributed by atoms with Crippen molar-refractivity contribution in [3.63, 3.8) is 0 Å². The molecule has 146 valence electrons. The van der Waals surface area contributed by atoms with E-state index in [9.17, 15) is 9.18 Å². The highest BCUT2D eigenvalue weighted by Gasteiger charge is 2.47. The Hall–Kier alpha value is -2.27. The zero-order valence-corrected chi connectivity index (χ0v) is 15.9. The van der Waals surface area contributed by atoms with E-state index < -0.39 is 0 Å². The Morgan fingerprint density at radius 1 is 1.14 bits per heavy atom. The molecule has 0 saturated heterocycles. The first-order valence-corrected chi connectivity index (χ1v) is 10.3. The Morgan fingerprint density at radius 3 is 2.64 bits per heavy atom. The highest BCUT2D eigenvalue weighted by atomic mass is 19.1. The molecule has 2 saturated carbocycles. The van der Waals surface area contributed by atoms with Gasteiger partial charge in [-0.3, -0.25) is 9.78 Å². The third kappa shape index (κ3) is 3.55. The van der Waals surface area contributed by atoms with Gasteiger partial charge in [0.15, 0.2) is 0 Å². The van der Waals surface area contributed by atoms with Crippen molar-refractivity contribution in [3.8, 4) is 0 Å². The second-order valence-electron chi connectivity index (χ2n) is 8.43. The number of ether oxygens (including phenoxy) is 1. The van der Waals surface area contributed by atoms with E-state index in [2.05, 4.69) is 17.4 Å². The highest BCUT2D eigenvalue weighted by Crippen LogP contribution is 2.46. The summed E-state index contributed by atoms with van der Waals surface area (Å²) in [7, 11) is 0. The summed E-state index contributed by atoms with van der Waals surface area (Å²) in [4.78, 5) is 17.5. The predicted octanol–water partition coefficient (Wildman–Crippen LogP) is 4.44. The topological polar surface area (TPSA) is 51.2 Å². The first-order valence-electron chi connectivity index (χ1n) is 10.3. The van der Waals surface area contributed by atoms with Crippen molar-refractivity contribution in [2.24, 2.45) is 5.92 Å². The summed E-state index contributed by atoms with van der Waals surface area (Å²) in [5.41, 5.74) is 3.36. The minimum atomic E-state index is -0.387. The molecule has 3 aliphatic rings. The monoisotopic (exact) mass is 380 g/mol. The van der Waals surface area contributed by atoms with Crippen molar-refractivity contribution in [2.45, 2.75) is 56.6 Å². The highest BCUT2D eigenvalue weighted by molar-refractivity contribution is 5.95. The van der Waals surface area contributed by atoms with Crippen LogP contribution in [0.5, 0.6) is 0 Å². The van der Waals surface area contributed by atoms with Gasteiger partial charge in [0.25, 0.3) is 5.91 Å². The van der Waals surface area contributed by atoms with E-state index in [1.54, 1.807) is 0 Å². The minimum absolute atomic E-state index is 0.162. The first kappa shape index (κ1) is 17.8. The predicted molar refractivity (Wildman–Crippen MR) is 103 cm³/mol. The summed E-state index contributed by atoms with van der Waals surface area (Å²) in [6.07, 6.45) is 7.64. The van der Waals surface area contributed by atoms with E-state index >= 15 is 0 Å². The van der Waals surface area contributed by atoms with Gasteiger partial charge in [-0.25, -0.2) is 4.39 Å².